The maximum absolute atomic E-state index is 13.3. The van der Waals surface area contributed by atoms with Crippen LogP contribution in [0.4, 0.5) is 0 Å². The second-order valence-electron chi connectivity index (χ2n) is 8.43. The topological polar surface area (TPSA) is 82.8 Å². The van der Waals surface area contributed by atoms with Crippen LogP contribution >= 0.6 is 23.1 Å². The first-order valence-electron chi connectivity index (χ1n) is 11.5. The molecule has 0 N–H and O–H groups in total. The number of hydrogen-bond donors (Lipinski definition) is 0. The molecule has 2 saturated heterocycles. The summed E-state index contributed by atoms with van der Waals surface area (Å²) >= 11 is 3.05. The SMILES string of the molecule is O=C(CSc1ccccc1C(=O)N1CCN(Cc2nc(-c3cccs3)no2)CC1)N1CCCC1. The first kappa shape index (κ1) is 23.1. The van der Waals surface area contributed by atoms with Crippen molar-refractivity contribution in [1.82, 2.24) is 24.8 Å². The van der Waals surface area contributed by atoms with E-state index in [1.807, 2.05) is 51.6 Å². The van der Waals surface area contributed by atoms with E-state index in [1.54, 1.807) is 11.3 Å². The van der Waals surface area contributed by atoms with Gasteiger partial charge < -0.3 is 14.3 Å². The number of thioether (sulfide) groups is 1. The van der Waals surface area contributed by atoms with Gasteiger partial charge in [0, 0.05) is 44.2 Å². The molecule has 4 heterocycles. The maximum Gasteiger partial charge on any atom is 0.255 e. The molecule has 3 aromatic rings. The van der Waals surface area contributed by atoms with E-state index in [0.717, 1.165) is 48.8 Å². The first-order valence-corrected chi connectivity index (χ1v) is 13.4. The predicted molar refractivity (Wildman–Crippen MR) is 132 cm³/mol. The molecule has 0 aliphatic carbocycles. The van der Waals surface area contributed by atoms with Crippen molar-refractivity contribution in [3.8, 4) is 10.7 Å². The van der Waals surface area contributed by atoms with Crippen molar-refractivity contribution in [1.29, 1.82) is 0 Å². The number of rotatable bonds is 7. The van der Waals surface area contributed by atoms with Gasteiger partial charge in [-0.25, -0.2) is 0 Å². The van der Waals surface area contributed by atoms with Crippen LogP contribution in [0.2, 0.25) is 0 Å². The smallest absolute Gasteiger partial charge is 0.255 e. The van der Waals surface area contributed by atoms with Crippen LogP contribution < -0.4 is 0 Å². The van der Waals surface area contributed by atoms with E-state index in [4.69, 9.17) is 4.52 Å². The van der Waals surface area contributed by atoms with Gasteiger partial charge >= 0.3 is 0 Å². The fourth-order valence-corrected chi connectivity index (χ4v) is 5.86. The quantitative estimate of drug-likeness (QED) is 0.462. The second kappa shape index (κ2) is 10.7. The summed E-state index contributed by atoms with van der Waals surface area (Å²) in [5.74, 6) is 1.76. The van der Waals surface area contributed by atoms with E-state index in [9.17, 15) is 9.59 Å². The number of carbonyl (C=O) groups is 2. The van der Waals surface area contributed by atoms with E-state index in [-0.39, 0.29) is 11.8 Å². The fourth-order valence-electron chi connectivity index (χ4n) is 4.26. The molecule has 0 spiro atoms. The van der Waals surface area contributed by atoms with Crippen molar-refractivity contribution < 1.29 is 14.1 Å². The van der Waals surface area contributed by atoms with Crippen LogP contribution in [0.1, 0.15) is 29.1 Å². The Kier molecular flexibility index (Phi) is 7.27. The second-order valence-corrected chi connectivity index (χ2v) is 10.4. The molecular weight excluding hydrogens is 470 g/mol. The molecule has 8 nitrogen and oxygen atoms in total. The Labute approximate surface area is 206 Å². The lowest BCUT2D eigenvalue weighted by Gasteiger charge is -2.34. The molecule has 0 atom stereocenters. The Hall–Kier alpha value is -2.69. The summed E-state index contributed by atoms with van der Waals surface area (Å²) in [6.45, 7) is 5.03. The van der Waals surface area contributed by atoms with Gasteiger partial charge in [-0.3, -0.25) is 14.5 Å². The average Bonchev–Trinajstić information content (AvgIpc) is 3.65. The molecule has 0 bridgehead atoms. The minimum Gasteiger partial charge on any atom is -0.342 e. The number of likely N-dealkylation sites (tertiary alicyclic amines) is 1. The molecule has 178 valence electrons. The predicted octanol–water partition coefficient (Wildman–Crippen LogP) is 3.47. The average molecular weight is 498 g/mol. The number of nitrogens with zero attached hydrogens (tertiary/aromatic N) is 5. The Morgan fingerprint density at radius 1 is 0.971 bits per heavy atom. The third-order valence-corrected chi connectivity index (χ3v) is 8.08. The number of aromatic nitrogens is 2. The van der Waals surface area contributed by atoms with Gasteiger partial charge in [0.05, 0.1) is 22.7 Å². The summed E-state index contributed by atoms with van der Waals surface area (Å²) in [6, 6.07) is 11.5. The largest absolute Gasteiger partial charge is 0.342 e. The Bertz CT molecular complexity index is 1120. The summed E-state index contributed by atoms with van der Waals surface area (Å²) in [5.41, 5.74) is 0.674. The van der Waals surface area contributed by atoms with E-state index in [1.165, 1.54) is 11.8 Å². The van der Waals surface area contributed by atoms with Crippen molar-refractivity contribution in [3.63, 3.8) is 0 Å². The lowest BCUT2D eigenvalue weighted by atomic mass is 10.2. The number of amides is 2. The normalized spacial score (nSPS) is 16.8. The zero-order valence-corrected chi connectivity index (χ0v) is 20.5. The highest BCUT2D eigenvalue weighted by molar-refractivity contribution is 8.00. The molecule has 0 radical (unpaired) electrons. The minimum absolute atomic E-state index is 0.0224. The van der Waals surface area contributed by atoms with Gasteiger partial charge in [0.15, 0.2) is 0 Å². The van der Waals surface area contributed by atoms with Crippen LogP contribution in [0, 0.1) is 0 Å². The highest BCUT2D eigenvalue weighted by atomic mass is 32.2. The highest BCUT2D eigenvalue weighted by Crippen LogP contribution is 2.26. The van der Waals surface area contributed by atoms with Crippen molar-refractivity contribution in [3.05, 3.63) is 53.2 Å². The van der Waals surface area contributed by atoms with E-state index in [0.29, 0.717) is 42.7 Å². The number of hydrogen-bond acceptors (Lipinski definition) is 8. The van der Waals surface area contributed by atoms with Crippen LogP contribution in [0.3, 0.4) is 0 Å². The zero-order chi connectivity index (χ0) is 23.3. The molecule has 34 heavy (non-hydrogen) atoms. The number of benzene rings is 1. The highest BCUT2D eigenvalue weighted by Gasteiger charge is 2.26. The molecule has 5 rings (SSSR count). The molecule has 0 saturated carbocycles. The molecule has 10 heteroatoms. The fraction of sp³-hybridized carbons (Fsp3) is 0.417. The molecule has 1 aromatic carbocycles. The summed E-state index contributed by atoms with van der Waals surface area (Å²) in [7, 11) is 0. The number of piperazine rings is 1. The van der Waals surface area contributed by atoms with Gasteiger partial charge in [-0.05, 0) is 36.4 Å². The summed E-state index contributed by atoms with van der Waals surface area (Å²) in [4.78, 5) is 38.1. The number of thiophene rings is 1. The van der Waals surface area contributed by atoms with Crippen LogP contribution in [-0.2, 0) is 11.3 Å². The molecule has 2 amide bonds. The summed E-state index contributed by atoms with van der Waals surface area (Å²) in [5, 5.41) is 6.07. The molecular formula is C24H27N5O3S2. The summed E-state index contributed by atoms with van der Waals surface area (Å²) in [6.07, 6.45) is 2.17. The van der Waals surface area contributed by atoms with Crippen molar-refractivity contribution in [2.75, 3.05) is 45.0 Å². The monoisotopic (exact) mass is 497 g/mol. The Balaban J connectivity index is 1.15. The van der Waals surface area contributed by atoms with Crippen LogP contribution in [0.25, 0.3) is 10.7 Å². The number of carbonyl (C=O) groups excluding carboxylic acids is 2. The minimum atomic E-state index is 0.0224. The zero-order valence-electron chi connectivity index (χ0n) is 18.9. The molecule has 2 aromatic heterocycles. The van der Waals surface area contributed by atoms with Crippen molar-refractivity contribution in [2.45, 2.75) is 24.3 Å². The van der Waals surface area contributed by atoms with Gasteiger partial charge in [-0.2, -0.15) is 4.98 Å². The van der Waals surface area contributed by atoms with E-state index < -0.39 is 0 Å². The summed E-state index contributed by atoms with van der Waals surface area (Å²) < 4.78 is 5.42. The molecule has 0 unspecified atom stereocenters. The van der Waals surface area contributed by atoms with Gasteiger partial charge in [-0.1, -0.05) is 23.4 Å². The Morgan fingerprint density at radius 3 is 2.53 bits per heavy atom. The third kappa shape index (κ3) is 5.34. The van der Waals surface area contributed by atoms with Crippen molar-refractivity contribution in [2.24, 2.45) is 0 Å². The maximum atomic E-state index is 13.3. The van der Waals surface area contributed by atoms with Gasteiger partial charge in [0.1, 0.15) is 0 Å². The van der Waals surface area contributed by atoms with Crippen LogP contribution in [0.5, 0.6) is 0 Å². The lowest BCUT2D eigenvalue weighted by Crippen LogP contribution is -2.48. The first-order chi connectivity index (χ1) is 16.7. The van der Waals surface area contributed by atoms with Crippen molar-refractivity contribution >= 4 is 34.9 Å². The molecule has 2 fully saturated rings. The van der Waals surface area contributed by atoms with Gasteiger partial charge in [0.2, 0.25) is 17.6 Å². The Morgan fingerprint density at radius 2 is 1.76 bits per heavy atom. The van der Waals surface area contributed by atoms with Gasteiger partial charge in [-0.15, -0.1) is 23.1 Å². The standard InChI is InChI=1S/C24H27N5O3S2/c30-22(28-9-3-4-10-28)17-34-19-7-2-1-6-18(19)24(31)29-13-11-27(12-14-29)16-21-25-23(26-32-21)20-8-5-15-33-20/h1-2,5-8,15H,3-4,9-14,16-17H2. The van der Waals surface area contributed by atoms with E-state index in [2.05, 4.69) is 15.0 Å². The van der Waals surface area contributed by atoms with Gasteiger partial charge in [0.25, 0.3) is 5.91 Å². The van der Waals surface area contributed by atoms with Crippen LogP contribution in [0.15, 0.2) is 51.2 Å². The van der Waals surface area contributed by atoms with E-state index >= 15 is 0 Å². The lowest BCUT2D eigenvalue weighted by molar-refractivity contribution is -0.127. The third-order valence-electron chi connectivity index (χ3n) is 6.16. The molecule has 2 aliphatic heterocycles. The van der Waals surface area contributed by atoms with Crippen LogP contribution in [-0.4, -0.2) is 81.7 Å². The molecule has 2 aliphatic rings.